The van der Waals surface area contributed by atoms with Crippen LogP contribution < -0.4 is 5.32 Å². The molecule has 1 heterocycles. The first kappa shape index (κ1) is 17.4. The van der Waals surface area contributed by atoms with Gasteiger partial charge >= 0.3 is 6.09 Å². The molecule has 1 aliphatic heterocycles. The lowest BCUT2D eigenvalue weighted by atomic mass is 10.2. The number of nitrogens with one attached hydrogen (secondary N) is 1. The molecule has 0 atom stereocenters. The molecule has 7 heteroatoms. The minimum absolute atomic E-state index is 0.242. The van der Waals surface area contributed by atoms with E-state index in [1.54, 1.807) is 11.9 Å². The maximum atomic E-state index is 11.7. The highest BCUT2D eigenvalue weighted by Crippen LogP contribution is 2.11. The Labute approximate surface area is 142 Å². The summed E-state index contributed by atoms with van der Waals surface area (Å²) in [6, 6.07) is 7.74. The molecule has 1 aromatic rings. The van der Waals surface area contributed by atoms with Crippen molar-refractivity contribution < 1.29 is 9.53 Å². The van der Waals surface area contributed by atoms with Gasteiger partial charge in [-0.3, -0.25) is 4.99 Å². The topological polar surface area (TPSA) is 57.2 Å². The van der Waals surface area contributed by atoms with Crippen molar-refractivity contribution in [1.82, 2.24) is 15.1 Å². The SMILES string of the molecule is CCOC(=O)N1CCN(C(=NC)NCc2cccc(Cl)c2)CC1. The van der Waals surface area contributed by atoms with E-state index in [4.69, 9.17) is 16.3 Å². The molecule has 1 aromatic carbocycles. The lowest BCUT2D eigenvalue weighted by Gasteiger charge is -2.35. The van der Waals surface area contributed by atoms with Crippen LogP contribution in [0.5, 0.6) is 0 Å². The second-order valence-electron chi connectivity index (χ2n) is 5.20. The molecule has 1 fully saturated rings. The van der Waals surface area contributed by atoms with Crippen molar-refractivity contribution in [1.29, 1.82) is 0 Å². The minimum atomic E-state index is -0.242. The summed E-state index contributed by atoms with van der Waals surface area (Å²) in [5, 5.41) is 4.06. The van der Waals surface area contributed by atoms with Crippen LogP contribution in [0.2, 0.25) is 5.02 Å². The van der Waals surface area contributed by atoms with E-state index in [0.717, 1.165) is 29.6 Å². The predicted molar refractivity (Wildman–Crippen MR) is 91.8 cm³/mol. The number of halogens is 1. The standard InChI is InChI=1S/C16H23ClN4O2/c1-3-23-16(22)21-9-7-20(8-10-21)15(18-2)19-12-13-5-4-6-14(17)11-13/h4-6,11H,3,7-10,12H2,1-2H3,(H,18,19). The van der Waals surface area contributed by atoms with E-state index in [1.807, 2.05) is 31.2 Å². The number of guanidine groups is 1. The van der Waals surface area contributed by atoms with Crippen LogP contribution in [0.25, 0.3) is 0 Å². The van der Waals surface area contributed by atoms with Crippen LogP contribution in [-0.4, -0.2) is 61.7 Å². The lowest BCUT2D eigenvalue weighted by molar-refractivity contribution is 0.0914. The van der Waals surface area contributed by atoms with Crippen LogP contribution in [0.15, 0.2) is 29.3 Å². The Morgan fingerprint density at radius 1 is 1.30 bits per heavy atom. The van der Waals surface area contributed by atoms with E-state index in [2.05, 4.69) is 15.2 Å². The highest BCUT2D eigenvalue weighted by Gasteiger charge is 2.23. The molecule has 0 bridgehead atoms. The molecule has 126 valence electrons. The Morgan fingerprint density at radius 3 is 2.61 bits per heavy atom. The van der Waals surface area contributed by atoms with Gasteiger partial charge in [-0.1, -0.05) is 23.7 Å². The first-order chi connectivity index (χ1) is 11.1. The zero-order valence-corrected chi connectivity index (χ0v) is 14.3. The van der Waals surface area contributed by atoms with Crippen LogP contribution in [0.1, 0.15) is 12.5 Å². The number of ether oxygens (including phenoxy) is 1. The van der Waals surface area contributed by atoms with E-state index in [0.29, 0.717) is 26.2 Å². The van der Waals surface area contributed by atoms with Crippen molar-refractivity contribution in [2.45, 2.75) is 13.5 Å². The average Bonchev–Trinajstić information content (AvgIpc) is 2.56. The number of aliphatic imine (C=N–C) groups is 1. The van der Waals surface area contributed by atoms with Gasteiger partial charge in [0.15, 0.2) is 5.96 Å². The molecule has 1 saturated heterocycles. The molecule has 0 unspecified atom stereocenters. The van der Waals surface area contributed by atoms with Crippen molar-refractivity contribution in [2.24, 2.45) is 4.99 Å². The van der Waals surface area contributed by atoms with Gasteiger partial charge in [-0.25, -0.2) is 4.79 Å². The number of hydrogen-bond donors (Lipinski definition) is 1. The molecule has 0 saturated carbocycles. The number of hydrogen-bond acceptors (Lipinski definition) is 3. The zero-order chi connectivity index (χ0) is 16.7. The maximum absolute atomic E-state index is 11.7. The van der Waals surface area contributed by atoms with E-state index in [-0.39, 0.29) is 6.09 Å². The second kappa shape index (κ2) is 8.62. The van der Waals surface area contributed by atoms with Gasteiger partial charge in [-0.15, -0.1) is 0 Å². The Hall–Kier alpha value is -1.95. The van der Waals surface area contributed by atoms with E-state index in [9.17, 15) is 4.79 Å². The molecule has 23 heavy (non-hydrogen) atoms. The fourth-order valence-corrected chi connectivity index (χ4v) is 2.69. The van der Waals surface area contributed by atoms with Crippen LogP contribution >= 0.6 is 11.6 Å². The Balaban J connectivity index is 1.84. The van der Waals surface area contributed by atoms with Crippen molar-refractivity contribution in [2.75, 3.05) is 39.8 Å². The van der Waals surface area contributed by atoms with Gasteiger partial charge in [-0.2, -0.15) is 0 Å². The molecule has 6 nitrogen and oxygen atoms in total. The lowest BCUT2D eigenvalue weighted by Crippen LogP contribution is -2.53. The summed E-state index contributed by atoms with van der Waals surface area (Å²) in [6.45, 7) is 5.61. The molecular weight excluding hydrogens is 316 g/mol. The van der Waals surface area contributed by atoms with Gasteiger partial charge < -0.3 is 19.9 Å². The largest absolute Gasteiger partial charge is 0.450 e. The minimum Gasteiger partial charge on any atom is -0.450 e. The number of piperazine rings is 1. The van der Waals surface area contributed by atoms with Crippen LogP contribution in [-0.2, 0) is 11.3 Å². The summed E-state index contributed by atoms with van der Waals surface area (Å²) in [5.74, 6) is 0.827. The smallest absolute Gasteiger partial charge is 0.409 e. The molecule has 1 N–H and O–H groups in total. The van der Waals surface area contributed by atoms with Crippen molar-refractivity contribution >= 4 is 23.7 Å². The normalized spacial score (nSPS) is 15.5. The third kappa shape index (κ3) is 5.03. The summed E-state index contributed by atoms with van der Waals surface area (Å²) in [4.78, 5) is 19.9. The van der Waals surface area contributed by atoms with Crippen molar-refractivity contribution in [3.8, 4) is 0 Å². The number of carbonyl (C=O) groups excluding carboxylic acids is 1. The first-order valence-electron chi connectivity index (χ1n) is 7.75. The third-order valence-corrected chi connectivity index (χ3v) is 3.89. The fraction of sp³-hybridized carbons (Fsp3) is 0.500. The average molecular weight is 339 g/mol. The molecule has 0 aromatic heterocycles. The molecule has 1 aliphatic rings. The van der Waals surface area contributed by atoms with Gasteiger partial charge in [0, 0.05) is 44.8 Å². The summed E-state index contributed by atoms with van der Waals surface area (Å²) < 4.78 is 5.03. The zero-order valence-electron chi connectivity index (χ0n) is 13.6. The van der Waals surface area contributed by atoms with Gasteiger partial charge in [0.2, 0.25) is 0 Å². The van der Waals surface area contributed by atoms with Gasteiger partial charge in [0.05, 0.1) is 6.61 Å². The van der Waals surface area contributed by atoms with E-state index in [1.165, 1.54) is 0 Å². The van der Waals surface area contributed by atoms with E-state index < -0.39 is 0 Å². The molecule has 2 rings (SSSR count). The highest BCUT2D eigenvalue weighted by atomic mass is 35.5. The van der Waals surface area contributed by atoms with Gasteiger partial charge in [-0.05, 0) is 24.6 Å². The Morgan fingerprint density at radius 2 is 2.00 bits per heavy atom. The molecule has 0 radical (unpaired) electrons. The summed E-state index contributed by atoms with van der Waals surface area (Å²) >= 11 is 6.00. The summed E-state index contributed by atoms with van der Waals surface area (Å²) in [7, 11) is 1.76. The molecule has 1 amide bonds. The van der Waals surface area contributed by atoms with Gasteiger partial charge in [0.25, 0.3) is 0 Å². The third-order valence-electron chi connectivity index (χ3n) is 3.66. The van der Waals surface area contributed by atoms with Crippen molar-refractivity contribution in [3.05, 3.63) is 34.9 Å². The monoisotopic (exact) mass is 338 g/mol. The Kier molecular flexibility index (Phi) is 6.52. The molecule has 0 spiro atoms. The fourth-order valence-electron chi connectivity index (χ4n) is 2.48. The number of carbonyl (C=O) groups is 1. The number of benzene rings is 1. The summed E-state index contributed by atoms with van der Waals surface area (Å²) in [5.41, 5.74) is 1.10. The Bertz CT molecular complexity index is 557. The predicted octanol–water partition coefficient (Wildman–Crippen LogP) is 2.19. The van der Waals surface area contributed by atoms with Gasteiger partial charge in [0.1, 0.15) is 0 Å². The molecular formula is C16H23ClN4O2. The first-order valence-corrected chi connectivity index (χ1v) is 8.13. The highest BCUT2D eigenvalue weighted by molar-refractivity contribution is 6.30. The van der Waals surface area contributed by atoms with Crippen molar-refractivity contribution in [3.63, 3.8) is 0 Å². The number of amides is 1. The second-order valence-corrected chi connectivity index (χ2v) is 5.64. The number of nitrogens with zero attached hydrogens (tertiary/aromatic N) is 3. The van der Waals surface area contributed by atoms with E-state index >= 15 is 0 Å². The summed E-state index contributed by atoms with van der Waals surface area (Å²) in [6.07, 6.45) is -0.242. The number of rotatable bonds is 3. The maximum Gasteiger partial charge on any atom is 0.409 e. The van der Waals surface area contributed by atoms with Crippen LogP contribution in [0.3, 0.4) is 0 Å². The molecule has 0 aliphatic carbocycles. The quantitative estimate of drug-likeness (QED) is 0.678. The van der Waals surface area contributed by atoms with Crippen LogP contribution in [0, 0.1) is 0 Å². The van der Waals surface area contributed by atoms with Crippen LogP contribution in [0.4, 0.5) is 4.79 Å².